The van der Waals surface area contributed by atoms with Crippen LogP contribution in [-0.4, -0.2) is 24.1 Å². The van der Waals surface area contributed by atoms with Crippen LogP contribution < -0.4 is 4.74 Å². The van der Waals surface area contributed by atoms with Crippen LogP contribution in [0.3, 0.4) is 0 Å². The van der Waals surface area contributed by atoms with Gasteiger partial charge < -0.3 is 9.47 Å². The minimum absolute atomic E-state index is 0.274. The second-order valence-electron chi connectivity index (χ2n) is 5.32. The van der Waals surface area contributed by atoms with Crippen molar-refractivity contribution in [3.05, 3.63) is 64.7 Å². The summed E-state index contributed by atoms with van der Waals surface area (Å²) < 4.78 is 11.2. The van der Waals surface area contributed by atoms with E-state index in [0.717, 1.165) is 11.1 Å². The number of fused-ring (bicyclic) bond motifs is 1. The molecule has 0 N–H and O–H groups in total. The summed E-state index contributed by atoms with van der Waals surface area (Å²) in [7, 11) is 0. The number of nitrogens with zero attached hydrogens (tertiary/aromatic N) is 1. The molecule has 2 aromatic rings. The van der Waals surface area contributed by atoms with Crippen molar-refractivity contribution >= 4 is 17.7 Å². The summed E-state index contributed by atoms with van der Waals surface area (Å²) in [5.74, 6) is 0.611. The lowest BCUT2D eigenvalue weighted by Crippen LogP contribution is -2.40. The van der Waals surface area contributed by atoms with Crippen LogP contribution in [0, 0.1) is 0 Å². The second-order valence-corrected chi connectivity index (χ2v) is 5.72. The Morgan fingerprint density at radius 2 is 1.96 bits per heavy atom. The molecule has 3 rings (SSSR count). The Kier molecular flexibility index (Phi) is 4.72. The first kappa shape index (κ1) is 15.7. The van der Waals surface area contributed by atoms with Crippen LogP contribution in [0.15, 0.2) is 48.5 Å². The molecule has 0 fully saturated rings. The van der Waals surface area contributed by atoms with Gasteiger partial charge in [0.2, 0.25) is 0 Å². The number of rotatable bonds is 3. The minimum atomic E-state index is -0.324. The van der Waals surface area contributed by atoms with E-state index in [1.807, 2.05) is 42.5 Å². The lowest BCUT2D eigenvalue weighted by atomic mass is 9.97. The molecule has 0 bridgehead atoms. The molecular weight excluding hydrogens is 314 g/mol. The van der Waals surface area contributed by atoms with Gasteiger partial charge in [0.25, 0.3) is 0 Å². The van der Waals surface area contributed by atoms with Crippen molar-refractivity contribution in [2.45, 2.75) is 19.6 Å². The van der Waals surface area contributed by atoms with E-state index in [1.165, 1.54) is 0 Å². The third kappa shape index (κ3) is 3.42. The van der Waals surface area contributed by atoms with Crippen molar-refractivity contribution in [3.63, 3.8) is 0 Å². The summed E-state index contributed by atoms with van der Waals surface area (Å²) >= 11 is 6.19. The molecule has 2 aromatic carbocycles. The summed E-state index contributed by atoms with van der Waals surface area (Å²) in [5.41, 5.74) is 2.14. The Morgan fingerprint density at radius 3 is 2.74 bits per heavy atom. The molecule has 1 unspecified atom stereocenters. The zero-order valence-electron chi connectivity index (χ0n) is 12.9. The Balaban J connectivity index is 1.88. The van der Waals surface area contributed by atoms with E-state index in [2.05, 4.69) is 0 Å². The number of ether oxygens (including phenoxy) is 2. The third-order valence-corrected chi connectivity index (χ3v) is 4.09. The van der Waals surface area contributed by atoms with Crippen molar-refractivity contribution in [2.75, 3.05) is 13.2 Å². The van der Waals surface area contributed by atoms with E-state index in [1.54, 1.807) is 17.9 Å². The van der Waals surface area contributed by atoms with E-state index in [0.29, 0.717) is 30.5 Å². The van der Waals surface area contributed by atoms with Gasteiger partial charge in [-0.2, -0.15) is 0 Å². The fourth-order valence-corrected chi connectivity index (χ4v) is 2.89. The maximum atomic E-state index is 12.1. The largest absolute Gasteiger partial charge is 0.482 e. The van der Waals surface area contributed by atoms with Gasteiger partial charge >= 0.3 is 6.09 Å². The number of hydrogen-bond donors (Lipinski definition) is 0. The normalized spacial score (nSPS) is 16.6. The van der Waals surface area contributed by atoms with Crippen LogP contribution in [-0.2, 0) is 11.3 Å². The average molecular weight is 332 g/mol. The van der Waals surface area contributed by atoms with E-state index in [-0.39, 0.29) is 12.2 Å². The Labute approximate surface area is 140 Å². The topological polar surface area (TPSA) is 38.8 Å². The van der Waals surface area contributed by atoms with Gasteiger partial charge in [0.05, 0.1) is 18.2 Å². The van der Waals surface area contributed by atoms with Crippen molar-refractivity contribution in [1.29, 1.82) is 0 Å². The monoisotopic (exact) mass is 331 g/mol. The molecule has 23 heavy (non-hydrogen) atoms. The van der Waals surface area contributed by atoms with Gasteiger partial charge in [-0.05, 0) is 30.2 Å². The average Bonchev–Trinajstić information content (AvgIpc) is 2.57. The molecule has 0 aliphatic carbocycles. The molecular formula is C18H18ClNO3. The highest BCUT2D eigenvalue weighted by Gasteiger charge is 2.30. The smallest absolute Gasteiger partial charge is 0.410 e. The molecule has 0 saturated heterocycles. The molecule has 0 radical (unpaired) electrons. The van der Waals surface area contributed by atoms with Crippen molar-refractivity contribution in [3.8, 4) is 5.75 Å². The van der Waals surface area contributed by atoms with E-state index >= 15 is 0 Å². The van der Waals surface area contributed by atoms with Crippen LogP contribution in [0.1, 0.15) is 24.2 Å². The van der Waals surface area contributed by atoms with E-state index in [9.17, 15) is 4.79 Å². The molecule has 0 aromatic heterocycles. The maximum absolute atomic E-state index is 12.1. The van der Waals surface area contributed by atoms with Crippen molar-refractivity contribution in [2.24, 2.45) is 0 Å². The molecule has 1 aliphatic rings. The molecule has 1 heterocycles. The standard InChI is InChI=1S/C18H18ClNO3/c1-2-22-18(21)20-11-13-7-3-4-8-14(13)17(12-20)23-16-10-6-5-9-15(16)19/h3-10,17H,2,11-12H2,1H3. The molecule has 5 heteroatoms. The second kappa shape index (κ2) is 6.92. The summed E-state index contributed by atoms with van der Waals surface area (Å²) in [6.07, 6.45) is -0.598. The van der Waals surface area contributed by atoms with Gasteiger partial charge in [0.1, 0.15) is 11.9 Å². The molecule has 1 amide bonds. The predicted molar refractivity (Wildman–Crippen MR) is 88.7 cm³/mol. The lowest BCUT2D eigenvalue weighted by Gasteiger charge is -2.34. The number of amides is 1. The highest BCUT2D eigenvalue weighted by Crippen LogP contribution is 2.33. The van der Waals surface area contributed by atoms with E-state index in [4.69, 9.17) is 21.1 Å². The number of carbonyl (C=O) groups is 1. The van der Waals surface area contributed by atoms with Gasteiger partial charge in [-0.15, -0.1) is 0 Å². The Hall–Kier alpha value is -2.20. The Morgan fingerprint density at radius 1 is 1.22 bits per heavy atom. The van der Waals surface area contributed by atoms with Gasteiger partial charge in [-0.25, -0.2) is 4.79 Å². The van der Waals surface area contributed by atoms with Crippen molar-refractivity contribution in [1.82, 2.24) is 4.90 Å². The molecule has 0 saturated carbocycles. The molecule has 1 atom stereocenters. The molecule has 1 aliphatic heterocycles. The van der Waals surface area contributed by atoms with Crippen LogP contribution in [0.4, 0.5) is 4.79 Å². The Bertz CT molecular complexity index is 704. The van der Waals surface area contributed by atoms with Crippen molar-refractivity contribution < 1.29 is 14.3 Å². The highest BCUT2D eigenvalue weighted by atomic mass is 35.5. The fourth-order valence-electron chi connectivity index (χ4n) is 2.71. The number of benzene rings is 2. The zero-order chi connectivity index (χ0) is 16.2. The van der Waals surface area contributed by atoms with E-state index < -0.39 is 0 Å². The van der Waals surface area contributed by atoms with Gasteiger partial charge in [0, 0.05) is 6.54 Å². The zero-order valence-corrected chi connectivity index (χ0v) is 13.6. The number of carbonyl (C=O) groups excluding carboxylic acids is 1. The van der Waals surface area contributed by atoms with Crippen LogP contribution >= 0.6 is 11.6 Å². The van der Waals surface area contributed by atoms with Gasteiger partial charge in [0.15, 0.2) is 0 Å². The first-order chi connectivity index (χ1) is 11.2. The fraction of sp³-hybridized carbons (Fsp3) is 0.278. The molecule has 0 spiro atoms. The molecule has 120 valence electrons. The van der Waals surface area contributed by atoms with Crippen LogP contribution in [0.5, 0.6) is 5.75 Å². The van der Waals surface area contributed by atoms with Gasteiger partial charge in [-0.1, -0.05) is 48.0 Å². The SMILES string of the molecule is CCOC(=O)N1Cc2ccccc2C(Oc2ccccc2Cl)C1. The summed E-state index contributed by atoms with van der Waals surface area (Å²) in [6, 6.07) is 15.3. The number of halogens is 1. The lowest BCUT2D eigenvalue weighted by molar-refractivity contribution is 0.0718. The highest BCUT2D eigenvalue weighted by molar-refractivity contribution is 6.32. The van der Waals surface area contributed by atoms with Crippen LogP contribution in [0.25, 0.3) is 0 Å². The summed E-state index contributed by atoms with van der Waals surface area (Å²) in [6.45, 7) is 3.11. The third-order valence-electron chi connectivity index (χ3n) is 3.78. The summed E-state index contributed by atoms with van der Waals surface area (Å²) in [4.78, 5) is 13.8. The molecule has 4 nitrogen and oxygen atoms in total. The predicted octanol–water partition coefficient (Wildman–Crippen LogP) is 4.43. The number of hydrogen-bond acceptors (Lipinski definition) is 3. The summed E-state index contributed by atoms with van der Waals surface area (Å²) in [5, 5.41) is 0.554. The minimum Gasteiger partial charge on any atom is -0.482 e. The number of para-hydroxylation sites is 1. The van der Waals surface area contributed by atoms with Gasteiger partial charge in [-0.3, -0.25) is 4.90 Å². The first-order valence-corrected chi connectivity index (χ1v) is 7.97. The maximum Gasteiger partial charge on any atom is 0.410 e. The van der Waals surface area contributed by atoms with Crippen LogP contribution in [0.2, 0.25) is 5.02 Å². The quantitative estimate of drug-likeness (QED) is 0.835. The first-order valence-electron chi connectivity index (χ1n) is 7.59.